The number of aryl methyl sites for hydroxylation is 1. The molecule has 0 bridgehead atoms. The highest BCUT2D eigenvalue weighted by molar-refractivity contribution is 6.32. The van der Waals surface area contributed by atoms with Crippen molar-refractivity contribution in [1.29, 1.82) is 0 Å². The molecule has 0 aliphatic heterocycles. The van der Waals surface area contributed by atoms with Crippen LogP contribution >= 0.6 is 0 Å². The van der Waals surface area contributed by atoms with Crippen LogP contribution in [0.4, 0.5) is 0 Å². The smallest absolute Gasteiger partial charge is 0.113 e. The van der Waals surface area contributed by atoms with E-state index in [1.165, 1.54) is 24.0 Å². The number of hydrogen-bond donors (Lipinski definition) is 1. The standard InChI is InChI=1S/C11H14BN/c12-9-5-6-10-8(7-9)3-1-2-4-11(10)13/h5-7,11H,1-4,13H2. The van der Waals surface area contributed by atoms with E-state index in [1.807, 2.05) is 6.07 Å². The molecule has 66 valence electrons. The van der Waals surface area contributed by atoms with E-state index in [4.69, 9.17) is 13.6 Å². The summed E-state index contributed by atoms with van der Waals surface area (Å²) in [6.07, 6.45) is 4.71. The highest BCUT2D eigenvalue weighted by Crippen LogP contribution is 2.25. The molecule has 0 spiro atoms. The van der Waals surface area contributed by atoms with E-state index in [1.54, 1.807) is 0 Å². The van der Waals surface area contributed by atoms with Crippen molar-refractivity contribution in [2.75, 3.05) is 0 Å². The predicted octanol–water partition coefficient (Wildman–Crippen LogP) is 1.21. The van der Waals surface area contributed by atoms with Crippen molar-refractivity contribution in [3.05, 3.63) is 29.3 Å². The van der Waals surface area contributed by atoms with E-state index < -0.39 is 0 Å². The van der Waals surface area contributed by atoms with Gasteiger partial charge < -0.3 is 5.73 Å². The fourth-order valence-corrected chi connectivity index (χ4v) is 2.04. The van der Waals surface area contributed by atoms with Crippen LogP contribution in [0, 0.1) is 0 Å². The average molecular weight is 171 g/mol. The summed E-state index contributed by atoms with van der Waals surface area (Å²) in [6, 6.07) is 6.32. The summed E-state index contributed by atoms with van der Waals surface area (Å²) in [5.74, 6) is 0. The second kappa shape index (κ2) is 3.55. The van der Waals surface area contributed by atoms with Crippen LogP contribution in [0.1, 0.15) is 36.4 Å². The lowest BCUT2D eigenvalue weighted by atomic mass is 9.89. The monoisotopic (exact) mass is 171 g/mol. The fraction of sp³-hybridized carbons (Fsp3) is 0.455. The maximum Gasteiger partial charge on any atom is 0.113 e. The lowest BCUT2D eigenvalue weighted by Crippen LogP contribution is -2.13. The molecule has 2 heteroatoms. The molecule has 13 heavy (non-hydrogen) atoms. The Morgan fingerprint density at radius 3 is 3.00 bits per heavy atom. The van der Waals surface area contributed by atoms with Gasteiger partial charge in [0.2, 0.25) is 0 Å². The van der Waals surface area contributed by atoms with Crippen molar-refractivity contribution in [3.63, 3.8) is 0 Å². The highest BCUT2D eigenvalue weighted by Gasteiger charge is 2.14. The molecule has 0 saturated heterocycles. The minimum absolute atomic E-state index is 0.220. The van der Waals surface area contributed by atoms with Gasteiger partial charge in [-0.1, -0.05) is 30.1 Å². The molecule has 2 radical (unpaired) electrons. The van der Waals surface area contributed by atoms with Crippen LogP contribution in [-0.4, -0.2) is 7.85 Å². The Bertz CT molecular complexity index is 309. The van der Waals surface area contributed by atoms with E-state index in [-0.39, 0.29) is 6.04 Å². The van der Waals surface area contributed by atoms with Crippen LogP contribution in [0.2, 0.25) is 0 Å². The van der Waals surface area contributed by atoms with Gasteiger partial charge in [0.05, 0.1) is 0 Å². The lowest BCUT2D eigenvalue weighted by Gasteiger charge is -2.12. The first-order valence-corrected chi connectivity index (χ1v) is 4.91. The Kier molecular flexibility index (Phi) is 2.41. The van der Waals surface area contributed by atoms with Gasteiger partial charge in [-0.3, -0.25) is 0 Å². The first kappa shape index (κ1) is 8.83. The quantitative estimate of drug-likeness (QED) is 0.460. The molecule has 0 saturated carbocycles. The maximum absolute atomic E-state index is 6.06. The summed E-state index contributed by atoms with van der Waals surface area (Å²) in [5.41, 5.74) is 9.56. The molecule has 1 aromatic rings. The number of benzene rings is 1. The van der Waals surface area contributed by atoms with Crippen LogP contribution in [0.15, 0.2) is 18.2 Å². The normalized spacial score (nSPS) is 22.1. The third kappa shape index (κ3) is 1.78. The van der Waals surface area contributed by atoms with Gasteiger partial charge in [-0.25, -0.2) is 0 Å². The zero-order chi connectivity index (χ0) is 9.26. The largest absolute Gasteiger partial charge is 0.324 e. The molecule has 1 aromatic carbocycles. The third-order valence-electron chi connectivity index (χ3n) is 2.78. The van der Waals surface area contributed by atoms with Crippen LogP contribution in [0.3, 0.4) is 0 Å². The van der Waals surface area contributed by atoms with E-state index in [0.717, 1.165) is 18.3 Å². The molecule has 1 aliphatic rings. The van der Waals surface area contributed by atoms with Crippen molar-refractivity contribution in [2.24, 2.45) is 5.73 Å². The number of nitrogens with two attached hydrogens (primary N) is 1. The number of rotatable bonds is 0. The van der Waals surface area contributed by atoms with Gasteiger partial charge in [0.15, 0.2) is 0 Å². The first-order chi connectivity index (χ1) is 6.27. The van der Waals surface area contributed by atoms with Gasteiger partial charge in [0, 0.05) is 6.04 Å². The minimum Gasteiger partial charge on any atom is -0.324 e. The van der Waals surface area contributed by atoms with Gasteiger partial charge in [-0.05, 0) is 30.4 Å². The van der Waals surface area contributed by atoms with E-state index in [0.29, 0.717) is 0 Å². The van der Waals surface area contributed by atoms with Crippen molar-refractivity contribution in [1.82, 2.24) is 0 Å². The van der Waals surface area contributed by atoms with Gasteiger partial charge in [0.1, 0.15) is 7.85 Å². The highest BCUT2D eigenvalue weighted by atomic mass is 14.6. The molecule has 1 unspecified atom stereocenters. The van der Waals surface area contributed by atoms with Crippen molar-refractivity contribution in [2.45, 2.75) is 31.7 Å². The summed E-state index contributed by atoms with van der Waals surface area (Å²) in [7, 11) is 5.74. The minimum atomic E-state index is 0.220. The fourth-order valence-electron chi connectivity index (χ4n) is 2.04. The maximum atomic E-state index is 6.06. The molecule has 2 N–H and O–H groups in total. The molecular weight excluding hydrogens is 157 g/mol. The van der Waals surface area contributed by atoms with Crippen LogP contribution in [-0.2, 0) is 6.42 Å². The summed E-state index contributed by atoms with van der Waals surface area (Å²) < 4.78 is 0. The molecule has 0 amide bonds. The van der Waals surface area contributed by atoms with Gasteiger partial charge in [-0.15, -0.1) is 0 Å². The SMILES string of the molecule is [B]c1ccc2c(c1)CCCCC2N. The molecule has 1 atom stereocenters. The molecule has 2 rings (SSSR count). The van der Waals surface area contributed by atoms with Crippen molar-refractivity contribution in [3.8, 4) is 0 Å². The summed E-state index contributed by atoms with van der Waals surface area (Å²) in [4.78, 5) is 0. The van der Waals surface area contributed by atoms with Gasteiger partial charge in [0.25, 0.3) is 0 Å². The van der Waals surface area contributed by atoms with Crippen molar-refractivity contribution < 1.29 is 0 Å². The molecule has 1 nitrogen and oxygen atoms in total. The third-order valence-corrected chi connectivity index (χ3v) is 2.78. The zero-order valence-corrected chi connectivity index (χ0v) is 7.79. The Morgan fingerprint density at radius 1 is 1.31 bits per heavy atom. The lowest BCUT2D eigenvalue weighted by molar-refractivity contribution is 0.615. The topological polar surface area (TPSA) is 26.0 Å². The molecule has 0 aromatic heterocycles. The van der Waals surface area contributed by atoms with Gasteiger partial charge in [-0.2, -0.15) is 0 Å². The first-order valence-electron chi connectivity index (χ1n) is 4.91. The second-order valence-electron chi connectivity index (χ2n) is 3.81. The average Bonchev–Trinajstić information content (AvgIpc) is 2.28. The zero-order valence-electron chi connectivity index (χ0n) is 7.79. The van der Waals surface area contributed by atoms with Crippen LogP contribution in [0.5, 0.6) is 0 Å². The van der Waals surface area contributed by atoms with Crippen LogP contribution < -0.4 is 11.2 Å². The van der Waals surface area contributed by atoms with Crippen molar-refractivity contribution >= 4 is 13.3 Å². The van der Waals surface area contributed by atoms with E-state index >= 15 is 0 Å². The molecule has 0 heterocycles. The Morgan fingerprint density at radius 2 is 2.15 bits per heavy atom. The molecule has 1 aliphatic carbocycles. The van der Waals surface area contributed by atoms with E-state index in [2.05, 4.69) is 12.1 Å². The predicted molar refractivity (Wildman–Crippen MR) is 56.3 cm³/mol. The van der Waals surface area contributed by atoms with E-state index in [9.17, 15) is 0 Å². The summed E-state index contributed by atoms with van der Waals surface area (Å²) in [5, 5.41) is 0. The number of hydrogen-bond acceptors (Lipinski definition) is 1. The molecule has 0 fully saturated rings. The van der Waals surface area contributed by atoms with Crippen LogP contribution in [0.25, 0.3) is 0 Å². The van der Waals surface area contributed by atoms with Gasteiger partial charge >= 0.3 is 0 Å². The Labute approximate surface area is 80.7 Å². The molecular formula is C11H14BN. The summed E-state index contributed by atoms with van der Waals surface area (Å²) in [6.45, 7) is 0. The Balaban J connectivity index is 2.42. The summed E-state index contributed by atoms with van der Waals surface area (Å²) >= 11 is 0. The number of fused-ring (bicyclic) bond motifs is 1. The second-order valence-corrected chi connectivity index (χ2v) is 3.81. The Hall–Kier alpha value is -0.755.